The maximum Gasteiger partial charge on any atom is 0.228 e. The molecule has 1 aromatic carbocycles. The number of ether oxygens (including phenoxy) is 1. The molecule has 0 radical (unpaired) electrons. The summed E-state index contributed by atoms with van der Waals surface area (Å²) in [6, 6.07) is 13.7. The van der Waals surface area contributed by atoms with Crippen LogP contribution in [0, 0.1) is 5.92 Å². The average Bonchev–Trinajstić information content (AvgIpc) is 3.27. The number of benzene rings is 1. The third kappa shape index (κ3) is 4.19. The van der Waals surface area contributed by atoms with Crippen molar-refractivity contribution in [2.75, 3.05) is 19.8 Å². The minimum absolute atomic E-state index is 0.0713. The van der Waals surface area contributed by atoms with Gasteiger partial charge in [-0.2, -0.15) is 0 Å². The van der Waals surface area contributed by atoms with Crippen molar-refractivity contribution in [2.45, 2.75) is 19.1 Å². The number of rotatable bonds is 6. The van der Waals surface area contributed by atoms with Gasteiger partial charge in [0.2, 0.25) is 5.91 Å². The van der Waals surface area contributed by atoms with Crippen molar-refractivity contribution in [1.29, 1.82) is 0 Å². The Labute approximate surface area is 140 Å². The Bertz CT molecular complexity index is 608. The first-order valence-electron chi connectivity index (χ1n) is 7.86. The van der Waals surface area contributed by atoms with Gasteiger partial charge < -0.3 is 14.7 Å². The predicted octanol–water partition coefficient (Wildman–Crippen LogP) is 2.85. The summed E-state index contributed by atoms with van der Waals surface area (Å²) in [5.74, 6) is -0.0174. The Balaban J connectivity index is 1.73. The van der Waals surface area contributed by atoms with Crippen molar-refractivity contribution >= 4 is 17.2 Å². The van der Waals surface area contributed by atoms with Crippen molar-refractivity contribution in [1.82, 2.24) is 4.90 Å². The SMILES string of the molecule is O=C([C@@H]1CCOC1)N(Cc1ccccc1)C[C@H](O)c1cccs1. The van der Waals surface area contributed by atoms with Crippen LogP contribution in [0.2, 0.25) is 0 Å². The van der Waals surface area contributed by atoms with E-state index in [0.29, 0.717) is 26.3 Å². The van der Waals surface area contributed by atoms with Crippen LogP contribution in [0.4, 0.5) is 0 Å². The summed E-state index contributed by atoms with van der Waals surface area (Å²) < 4.78 is 5.35. The number of hydrogen-bond donors (Lipinski definition) is 1. The number of thiophene rings is 1. The van der Waals surface area contributed by atoms with Crippen molar-refractivity contribution in [3.05, 3.63) is 58.3 Å². The first kappa shape index (κ1) is 16.2. The lowest BCUT2D eigenvalue weighted by Crippen LogP contribution is -2.38. The van der Waals surface area contributed by atoms with E-state index in [0.717, 1.165) is 16.9 Å². The third-order valence-electron chi connectivity index (χ3n) is 4.07. The summed E-state index contributed by atoms with van der Waals surface area (Å²) in [4.78, 5) is 15.4. The van der Waals surface area contributed by atoms with E-state index in [-0.39, 0.29) is 11.8 Å². The highest BCUT2D eigenvalue weighted by Crippen LogP contribution is 2.23. The van der Waals surface area contributed by atoms with Gasteiger partial charge in [0.05, 0.1) is 19.1 Å². The predicted molar refractivity (Wildman–Crippen MR) is 90.1 cm³/mol. The Morgan fingerprint density at radius 2 is 2.13 bits per heavy atom. The average molecular weight is 331 g/mol. The molecule has 2 heterocycles. The van der Waals surface area contributed by atoms with Crippen LogP contribution in [0.3, 0.4) is 0 Å². The highest BCUT2D eigenvalue weighted by Gasteiger charge is 2.29. The number of hydrogen-bond acceptors (Lipinski definition) is 4. The second-order valence-corrected chi connectivity index (χ2v) is 6.78. The van der Waals surface area contributed by atoms with E-state index in [1.54, 1.807) is 4.90 Å². The topological polar surface area (TPSA) is 49.8 Å². The molecular weight excluding hydrogens is 310 g/mol. The molecule has 23 heavy (non-hydrogen) atoms. The quantitative estimate of drug-likeness (QED) is 0.885. The summed E-state index contributed by atoms with van der Waals surface area (Å²) in [5.41, 5.74) is 1.07. The maximum atomic E-state index is 12.8. The molecule has 1 saturated heterocycles. The molecule has 3 rings (SSSR count). The van der Waals surface area contributed by atoms with Crippen LogP contribution < -0.4 is 0 Å². The van der Waals surface area contributed by atoms with Crippen LogP contribution in [-0.2, 0) is 16.1 Å². The summed E-state index contributed by atoms with van der Waals surface area (Å²) in [7, 11) is 0. The van der Waals surface area contributed by atoms with Crippen molar-refractivity contribution in [3.8, 4) is 0 Å². The number of aliphatic hydroxyl groups excluding tert-OH is 1. The molecule has 4 nitrogen and oxygen atoms in total. The summed E-state index contributed by atoms with van der Waals surface area (Å²) in [6.07, 6.45) is 0.115. The zero-order valence-electron chi connectivity index (χ0n) is 12.9. The van der Waals surface area contributed by atoms with Crippen molar-refractivity contribution < 1.29 is 14.6 Å². The van der Waals surface area contributed by atoms with Gasteiger partial charge in [0.25, 0.3) is 0 Å². The van der Waals surface area contributed by atoms with Gasteiger partial charge in [-0.25, -0.2) is 0 Å². The van der Waals surface area contributed by atoms with Crippen LogP contribution in [0.15, 0.2) is 47.8 Å². The smallest absolute Gasteiger partial charge is 0.228 e. The van der Waals surface area contributed by atoms with Gasteiger partial charge in [-0.1, -0.05) is 36.4 Å². The Morgan fingerprint density at radius 3 is 2.78 bits per heavy atom. The highest BCUT2D eigenvalue weighted by molar-refractivity contribution is 7.10. The summed E-state index contributed by atoms with van der Waals surface area (Å²) in [6.45, 7) is 1.95. The van der Waals surface area contributed by atoms with Gasteiger partial charge >= 0.3 is 0 Å². The first-order valence-corrected chi connectivity index (χ1v) is 8.74. The second kappa shape index (κ2) is 7.73. The van der Waals surface area contributed by atoms with Crippen molar-refractivity contribution in [2.24, 2.45) is 5.92 Å². The number of nitrogens with zero attached hydrogens (tertiary/aromatic N) is 1. The minimum atomic E-state index is -0.648. The molecule has 122 valence electrons. The molecule has 0 saturated carbocycles. The number of aliphatic hydroxyl groups is 1. The molecule has 0 bridgehead atoms. The molecule has 5 heteroatoms. The molecule has 0 spiro atoms. The summed E-state index contributed by atoms with van der Waals surface area (Å²) in [5, 5.41) is 12.4. The van der Waals surface area contributed by atoms with Gasteiger partial charge in [0.15, 0.2) is 0 Å². The molecule has 0 aliphatic carbocycles. The Hall–Kier alpha value is -1.69. The fraction of sp³-hybridized carbons (Fsp3) is 0.389. The van der Waals surface area contributed by atoms with Crippen LogP contribution in [0.25, 0.3) is 0 Å². The maximum absolute atomic E-state index is 12.8. The molecule has 1 aromatic heterocycles. The van der Waals surface area contributed by atoms with Crippen LogP contribution in [0.5, 0.6) is 0 Å². The third-order valence-corrected chi connectivity index (χ3v) is 5.05. The lowest BCUT2D eigenvalue weighted by atomic mass is 10.1. The van der Waals surface area contributed by atoms with Gasteiger partial charge in [-0.15, -0.1) is 11.3 Å². The zero-order valence-corrected chi connectivity index (χ0v) is 13.7. The van der Waals surface area contributed by atoms with Gasteiger partial charge in [-0.05, 0) is 23.4 Å². The molecule has 2 atom stereocenters. The van der Waals surface area contributed by atoms with Crippen LogP contribution >= 0.6 is 11.3 Å². The Kier molecular flexibility index (Phi) is 5.43. The van der Waals surface area contributed by atoms with E-state index in [2.05, 4.69) is 0 Å². The van der Waals surface area contributed by atoms with Gasteiger partial charge in [-0.3, -0.25) is 4.79 Å². The van der Waals surface area contributed by atoms with Crippen LogP contribution in [-0.4, -0.2) is 35.7 Å². The molecular formula is C18H21NO3S. The molecule has 1 aliphatic rings. The van der Waals surface area contributed by atoms with E-state index in [9.17, 15) is 9.90 Å². The monoisotopic (exact) mass is 331 g/mol. The molecule has 2 aromatic rings. The van der Waals surface area contributed by atoms with Crippen LogP contribution in [0.1, 0.15) is 23.0 Å². The second-order valence-electron chi connectivity index (χ2n) is 5.80. The van der Waals surface area contributed by atoms with E-state index in [4.69, 9.17) is 4.74 Å². The zero-order chi connectivity index (χ0) is 16.1. The summed E-state index contributed by atoms with van der Waals surface area (Å²) >= 11 is 1.51. The lowest BCUT2D eigenvalue weighted by Gasteiger charge is -2.27. The molecule has 1 N–H and O–H groups in total. The fourth-order valence-corrected chi connectivity index (χ4v) is 3.51. The van der Waals surface area contributed by atoms with E-state index in [1.165, 1.54) is 11.3 Å². The molecule has 0 unspecified atom stereocenters. The van der Waals surface area contributed by atoms with Gasteiger partial charge in [0, 0.05) is 18.0 Å². The lowest BCUT2D eigenvalue weighted by molar-refractivity contribution is -0.137. The standard InChI is InChI=1S/C18H21NO3S/c20-16(17-7-4-10-23-17)12-19(11-14-5-2-1-3-6-14)18(21)15-8-9-22-13-15/h1-7,10,15-16,20H,8-9,11-13H2/t15-,16+/m1/s1. The van der Waals surface area contributed by atoms with E-state index in [1.807, 2.05) is 47.8 Å². The Morgan fingerprint density at radius 1 is 1.30 bits per heavy atom. The van der Waals surface area contributed by atoms with E-state index < -0.39 is 6.10 Å². The number of amides is 1. The van der Waals surface area contributed by atoms with Crippen molar-refractivity contribution in [3.63, 3.8) is 0 Å². The largest absolute Gasteiger partial charge is 0.386 e. The van der Waals surface area contributed by atoms with E-state index >= 15 is 0 Å². The fourth-order valence-electron chi connectivity index (χ4n) is 2.80. The highest BCUT2D eigenvalue weighted by atomic mass is 32.1. The minimum Gasteiger partial charge on any atom is -0.386 e. The van der Waals surface area contributed by atoms with Gasteiger partial charge in [0.1, 0.15) is 6.10 Å². The first-order chi connectivity index (χ1) is 11.2. The molecule has 1 amide bonds. The number of carbonyl (C=O) groups excluding carboxylic acids is 1. The number of carbonyl (C=O) groups is 1. The molecule has 1 fully saturated rings. The molecule has 1 aliphatic heterocycles. The normalized spacial score (nSPS) is 18.7.